The Morgan fingerprint density at radius 3 is 2.91 bits per heavy atom. The van der Waals surface area contributed by atoms with Gasteiger partial charge < -0.3 is 9.88 Å². The minimum absolute atomic E-state index is 0.0394. The summed E-state index contributed by atoms with van der Waals surface area (Å²) in [7, 11) is 1.78. The molecule has 1 heterocycles. The van der Waals surface area contributed by atoms with E-state index < -0.39 is 0 Å². The maximum atomic E-state index is 11.3. The normalized spacial score (nSPS) is 9.64. The van der Waals surface area contributed by atoms with Gasteiger partial charge in [-0.25, -0.2) is 0 Å². The molecule has 60 valence electrons. The lowest BCUT2D eigenvalue weighted by Gasteiger charge is -2.12. The lowest BCUT2D eigenvalue weighted by atomic mass is 10.4. The molecule has 0 fully saturated rings. The summed E-state index contributed by atoms with van der Waals surface area (Å²) in [6.45, 7) is 2.68. The second kappa shape index (κ2) is 3.23. The first-order chi connectivity index (χ1) is 5.25. The van der Waals surface area contributed by atoms with Crippen LogP contribution in [0.5, 0.6) is 0 Å². The third kappa shape index (κ3) is 1.61. The summed E-state index contributed by atoms with van der Waals surface area (Å²) in [5.74, 6) is 0.0394. The largest absolute Gasteiger partial charge is 0.357 e. The summed E-state index contributed by atoms with van der Waals surface area (Å²) in [4.78, 5) is 15.9. The number of H-pyrrole nitrogens is 1. The van der Waals surface area contributed by atoms with Gasteiger partial charge in [-0.3, -0.25) is 4.79 Å². The molecule has 0 bridgehead atoms. The number of nitrogens with one attached hydrogen (secondary N) is 1. The predicted octanol–water partition coefficient (Wildman–Crippen LogP) is 1.11. The predicted molar refractivity (Wildman–Crippen MR) is 43.4 cm³/mol. The number of carbonyl (C=O) groups excluding carboxylic acids is 1. The number of amides is 1. The van der Waals surface area contributed by atoms with Gasteiger partial charge in [-0.1, -0.05) is 0 Å². The zero-order valence-electron chi connectivity index (χ0n) is 6.79. The van der Waals surface area contributed by atoms with Crippen molar-refractivity contribution in [2.24, 2.45) is 0 Å². The smallest absolute Gasteiger partial charge is 0.269 e. The molecule has 1 aromatic rings. The van der Waals surface area contributed by atoms with Gasteiger partial charge in [0.2, 0.25) is 0 Å². The van der Waals surface area contributed by atoms with Crippen molar-refractivity contribution in [2.75, 3.05) is 13.6 Å². The fourth-order valence-electron chi connectivity index (χ4n) is 0.813. The highest BCUT2D eigenvalue weighted by Crippen LogP contribution is 1.98. The molecule has 0 aliphatic carbocycles. The molecule has 3 nitrogen and oxygen atoms in total. The lowest BCUT2D eigenvalue weighted by molar-refractivity contribution is 0.0797. The Bertz CT molecular complexity index is 228. The van der Waals surface area contributed by atoms with E-state index in [0.29, 0.717) is 5.69 Å². The quantitative estimate of drug-likeness (QED) is 0.677. The summed E-state index contributed by atoms with van der Waals surface area (Å²) in [6.07, 6.45) is 1.75. The van der Waals surface area contributed by atoms with Gasteiger partial charge in [0.05, 0.1) is 0 Å². The number of rotatable bonds is 2. The third-order valence-electron chi connectivity index (χ3n) is 1.65. The lowest BCUT2D eigenvalue weighted by Crippen LogP contribution is -2.26. The van der Waals surface area contributed by atoms with Gasteiger partial charge in [0, 0.05) is 19.8 Å². The number of hydrogen-bond acceptors (Lipinski definition) is 1. The molecule has 1 aromatic heterocycles. The van der Waals surface area contributed by atoms with Crippen LogP contribution in [0.25, 0.3) is 0 Å². The van der Waals surface area contributed by atoms with Crippen molar-refractivity contribution in [3.8, 4) is 0 Å². The molecular weight excluding hydrogens is 140 g/mol. The van der Waals surface area contributed by atoms with Gasteiger partial charge in [0.15, 0.2) is 0 Å². The molecule has 1 N–H and O–H groups in total. The number of nitrogens with zero attached hydrogens (tertiary/aromatic N) is 1. The summed E-state index contributed by atoms with van der Waals surface area (Å²) in [5.41, 5.74) is 0.648. The zero-order valence-corrected chi connectivity index (χ0v) is 6.79. The van der Waals surface area contributed by atoms with Crippen molar-refractivity contribution in [3.05, 3.63) is 24.0 Å². The first-order valence-electron chi connectivity index (χ1n) is 3.64. The minimum atomic E-state index is 0.0394. The average molecular weight is 152 g/mol. The van der Waals surface area contributed by atoms with Gasteiger partial charge >= 0.3 is 0 Å². The van der Waals surface area contributed by atoms with Gasteiger partial charge in [-0.2, -0.15) is 0 Å². The molecule has 0 aliphatic heterocycles. The van der Waals surface area contributed by atoms with Crippen molar-refractivity contribution in [1.82, 2.24) is 9.88 Å². The van der Waals surface area contributed by atoms with Crippen LogP contribution < -0.4 is 0 Å². The molecule has 1 rings (SSSR count). The summed E-state index contributed by atoms with van der Waals surface area (Å²) in [5, 5.41) is 0. The molecular formula is C8H12N2O. The SMILES string of the molecule is CCN(C)C(=O)c1ccc[nH]1. The second-order valence-electron chi connectivity index (χ2n) is 2.40. The summed E-state index contributed by atoms with van der Waals surface area (Å²) >= 11 is 0. The van der Waals surface area contributed by atoms with Crippen LogP contribution in [-0.4, -0.2) is 29.4 Å². The highest BCUT2D eigenvalue weighted by molar-refractivity contribution is 5.92. The summed E-state index contributed by atoms with van der Waals surface area (Å²) < 4.78 is 0. The van der Waals surface area contributed by atoms with E-state index >= 15 is 0 Å². The molecule has 0 saturated carbocycles. The zero-order chi connectivity index (χ0) is 8.27. The van der Waals surface area contributed by atoms with Crippen molar-refractivity contribution in [3.63, 3.8) is 0 Å². The van der Waals surface area contributed by atoms with Crippen LogP contribution in [0.15, 0.2) is 18.3 Å². The molecule has 0 aliphatic rings. The monoisotopic (exact) mass is 152 g/mol. The van der Waals surface area contributed by atoms with E-state index in [1.54, 1.807) is 24.2 Å². The van der Waals surface area contributed by atoms with E-state index in [-0.39, 0.29) is 5.91 Å². The number of carbonyl (C=O) groups is 1. The van der Waals surface area contributed by atoms with Gasteiger partial charge in [0.1, 0.15) is 5.69 Å². The van der Waals surface area contributed by atoms with Crippen molar-refractivity contribution >= 4 is 5.91 Å². The van der Waals surface area contributed by atoms with Crippen LogP contribution >= 0.6 is 0 Å². The number of hydrogen-bond donors (Lipinski definition) is 1. The Kier molecular flexibility index (Phi) is 2.31. The van der Waals surface area contributed by atoms with Crippen molar-refractivity contribution < 1.29 is 4.79 Å². The van der Waals surface area contributed by atoms with Crippen LogP contribution in [0, 0.1) is 0 Å². The molecule has 0 saturated heterocycles. The molecule has 0 radical (unpaired) electrons. The van der Waals surface area contributed by atoms with Crippen LogP contribution in [0.2, 0.25) is 0 Å². The van der Waals surface area contributed by atoms with Gasteiger partial charge in [-0.05, 0) is 19.1 Å². The van der Waals surface area contributed by atoms with E-state index in [0.717, 1.165) is 6.54 Å². The van der Waals surface area contributed by atoms with Crippen LogP contribution in [0.4, 0.5) is 0 Å². The highest BCUT2D eigenvalue weighted by Gasteiger charge is 2.08. The fraction of sp³-hybridized carbons (Fsp3) is 0.375. The molecule has 0 spiro atoms. The Balaban J connectivity index is 2.70. The molecule has 0 aromatic carbocycles. The maximum absolute atomic E-state index is 11.3. The average Bonchev–Trinajstić information content (AvgIpc) is 2.53. The molecule has 3 heteroatoms. The molecule has 1 amide bonds. The Labute approximate surface area is 66.0 Å². The van der Waals surface area contributed by atoms with Gasteiger partial charge in [0.25, 0.3) is 5.91 Å². The molecule has 0 unspecified atom stereocenters. The molecule has 0 atom stereocenters. The van der Waals surface area contributed by atoms with E-state index in [9.17, 15) is 4.79 Å². The number of aromatic amines is 1. The highest BCUT2D eigenvalue weighted by atomic mass is 16.2. The van der Waals surface area contributed by atoms with Crippen LogP contribution in [0.1, 0.15) is 17.4 Å². The van der Waals surface area contributed by atoms with Crippen LogP contribution in [-0.2, 0) is 0 Å². The molecule has 11 heavy (non-hydrogen) atoms. The fourth-order valence-corrected chi connectivity index (χ4v) is 0.813. The van der Waals surface area contributed by atoms with Crippen molar-refractivity contribution in [1.29, 1.82) is 0 Å². The Hall–Kier alpha value is -1.25. The van der Waals surface area contributed by atoms with Crippen LogP contribution in [0.3, 0.4) is 0 Å². The third-order valence-corrected chi connectivity index (χ3v) is 1.65. The van der Waals surface area contributed by atoms with Crippen molar-refractivity contribution in [2.45, 2.75) is 6.92 Å². The Morgan fingerprint density at radius 1 is 1.73 bits per heavy atom. The maximum Gasteiger partial charge on any atom is 0.269 e. The van der Waals surface area contributed by atoms with E-state index in [4.69, 9.17) is 0 Å². The van der Waals surface area contributed by atoms with E-state index in [1.165, 1.54) is 0 Å². The first-order valence-corrected chi connectivity index (χ1v) is 3.64. The second-order valence-corrected chi connectivity index (χ2v) is 2.40. The minimum Gasteiger partial charge on any atom is -0.357 e. The number of aromatic nitrogens is 1. The van der Waals surface area contributed by atoms with E-state index in [1.807, 2.05) is 13.0 Å². The Morgan fingerprint density at radius 2 is 2.45 bits per heavy atom. The summed E-state index contributed by atoms with van der Waals surface area (Å²) in [6, 6.07) is 3.59. The topological polar surface area (TPSA) is 36.1 Å². The standard InChI is InChI=1S/C8H12N2O/c1-3-10(2)8(11)7-5-4-6-9-7/h4-6,9H,3H2,1-2H3. The van der Waals surface area contributed by atoms with Gasteiger partial charge in [-0.15, -0.1) is 0 Å². The first kappa shape index (κ1) is 7.85. The van der Waals surface area contributed by atoms with E-state index in [2.05, 4.69) is 4.98 Å².